The summed E-state index contributed by atoms with van der Waals surface area (Å²) in [6.45, 7) is 2.88. The molecule has 0 fully saturated rings. The van der Waals surface area contributed by atoms with Crippen molar-refractivity contribution in [3.63, 3.8) is 0 Å². The maximum atomic E-state index is 12.8. The molecule has 30 heavy (non-hydrogen) atoms. The van der Waals surface area contributed by atoms with Gasteiger partial charge in [0.1, 0.15) is 5.75 Å². The van der Waals surface area contributed by atoms with Crippen LogP contribution in [0.3, 0.4) is 0 Å². The molecule has 2 aromatic rings. The van der Waals surface area contributed by atoms with Crippen LogP contribution in [0.25, 0.3) is 0 Å². The van der Waals surface area contributed by atoms with E-state index in [4.69, 9.17) is 15.1 Å². The second-order valence-electron chi connectivity index (χ2n) is 6.79. The number of rotatable bonds is 8. The fourth-order valence-electron chi connectivity index (χ4n) is 2.49. The lowest BCUT2D eigenvalue weighted by Crippen LogP contribution is -2.34. The summed E-state index contributed by atoms with van der Waals surface area (Å²) in [5.74, 6) is -1.16. The van der Waals surface area contributed by atoms with E-state index < -0.39 is 27.8 Å². The van der Waals surface area contributed by atoms with Gasteiger partial charge >= 0.3 is 5.97 Å². The number of nitrogens with zero attached hydrogens (tertiary/aromatic N) is 1. The Balaban J connectivity index is 2.18. The highest BCUT2D eigenvalue weighted by Gasteiger charge is 2.30. The Hall–Kier alpha value is -3.64. The van der Waals surface area contributed by atoms with Crippen LogP contribution in [-0.2, 0) is 24.8 Å². The van der Waals surface area contributed by atoms with Crippen LogP contribution < -0.4 is 10.1 Å². The molecule has 0 atom stereocenters. The normalized spacial score (nSPS) is 11.6. The zero-order valence-corrected chi connectivity index (χ0v) is 17.1. The van der Waals surface area contributed by atoms with Gasteiger partial charge in [-0.1, -0.05) is 18.2 Å². The van der Waals surface area contributed by atoms with Gasteiger partial charge in [0, 0.05) is 23.2 Å². The molecule has 2 N–H and O–H groups in total. The van der Waals surface area contributed by atoms with Crippen LogP contribution in [0, 0.1) is 11.3 Å². The summed E-state index contributed by atoms with van der Waals surface area (Å²) in [6.07, 6.45) is 0.884. The fraction of sp³-hybridized carbons (Fsp3) is 0.190. The summed E-state index contributed by atoms with van der Waals surface area (Å²) in [5.41, 5.74) is 0.0150. The van der Waals surface area contributed by atoms with Gasteiger partial charge in [0.15, 0.2) is 6.61 Å². The zero-order chi connectivity index (χ0) is 22.4. The Morgan fingerprint density at radius 3 is 2.47 bits per heavy atom. The van der Waals surface area contributed by atoms with Crippen molar-refractivity contribution in [2.75, 3.05) is 11.9 Å². The molecular weight excluding hydrogens is 408 g/mol. The van der Waals surface area contributed by atoms with Crippen LogP contribution in [0.5, 0.6) is 5.75 Å². The number of hydrogen-bond acceptors (Lipinski definition) is 6. The van der Waals surface area contributed by atoms with Crippen molar-refractivity contribution in [3.05, 3.63) is 65.6 Å². The minimum Gasteiger partial charge on any atom is -0.482 e. The topological polar surface area (TPSA) is 134 Å². The highest BCUT2D eigenvalue weighted by atomic mass is 32.2. The van der Waals surface area contributed by atoms with Crippen molar-refractivity contribution in [1.82, 2.24) is 0 Å². The number of nitrogens with one attached hydrogen (secondary N) is 1. The number of hydrogen-bond donors (Lipinski definition) is 2. The highest BCUT2D eigenvalue weighted by molar-refractivity contribution is 7.94. The van der Waals surface area contributed by atoms with Crippen LogP contribution in [0.4, 0.5) is 5.69 Å². The van der Waals surface area contributed by atoms with Gasteiger partial charge < -0.3 is 15.2 Å². The number of amides is 1. The van der Waals surface area contributed by atoms with Crippen LogP contribution in [0.1, 0.15) is 19.4 Å². The second-order valence-corrected chi connectivity index (χ2v) is 8.62. The van der Waals surface area contributed by atoms with Crippen LogP contribution >= 0.6 is 0 Å². The van der Waals surface area contributed by atoms with Gasteiger partial charge in [0.25, 0.3) is 0 Å². The van der Waals surface area contributed by atoms with Crippen molar-refractivity contribution in [1.29, 1.82) is 5.26 Å². The molecule has 8 nitrogen and oxygen atoms in total. The Kier molecular flexibility index (Phi) is 6.97. The van der Waals surface area contributed by atoms with E-state index in [-0.39, 0.29) is 10.8 Å². The minimum atomic E-state index is -3.73. The van der Waals surface area contributed by atoms with Crippen molar-refractivity contribution in [3.8, 4) is 11.8 Å². The van der Waals surface area contributed by atoms with E-state index in [1.807, 2.05) is 0 Å². The SMILES string of the molecule is CC(C)(C(=O)Nc1cccc(OCC(=O)O)c1)c1ccc(S(=O)(=O)/C=C/C#N)cc1. The number of carbonyl (C=O) groups excluding carboxylic acids is 1. The first kappa shape index (κ1) is 22.6. The van der Waals surface area contributed by atoms with Crippen LogP contribution in [0.2, 0.25) is 0 Å². The lowest BCUT2D eigenvalue weighted by molar-refractivity contribution is -0.139. The number of aliphatic carboxylic acids is 1. The van der Waals surface area contributed by atoms with Gasteiger partial charge in [-0.05, 0) is 43.7 Å². The van der Waals surface area contributed by atoms with E-state index in [0.717, 1.165) is 11.5 Å². The Morgan fingerprint density at radius 1 is 1.20 bits per heavy atom. The Labute approximate surface area is 174 Å². The van der Waals surface area contributed by atoms with Gasteiger partial charge in [-0.2, -0.15) is 5.26 Å². The van der Waals surface area contributed by atoms with Gasteiger partial charge in [-0.25, -0.2) is 13.2 Å². The molecule has 0 unspecified atom stereocenters. The molecule has 1 amide bonds. The molecule has 0 aromatic heterocycles. The average Bonchev–Trinajstić information content (AvgIpc) is 2.71. The molecule has 0 aliphatic rings. The van der Waals surface area contributed by atoms with Crippen molar-refractivity contribution in [2.24, 2.45) is 0 Å². The summed E-state index contributed by atoms with van der Waals surface area (Å²) in [4.78, 5) is 23.4. The quantitative estimate of drug-likeness (QED) is 0.618. The van der Waals surface area contributed by atoms with E-state index in [1.165, 1.54) is 18.2 Å². The van der Waals surface area contributed by atoms with E-state index in [0.29, 0.717) is 17.0 Å². The average molecular weight is 428 g/mol. The summed E-state index contributed by atoms with van der Waals surface area (Å²) in [5, 5.41) is 20.8. The number of sulfone groups is 1. The molecule has 0 heterocycles. The standard InChI is InChI=1S/C21H20N2O6S/c1-21(2,15-7-9-18(10-8-15)30(27,28)12-4-11-22)20(26)23-16-5-3-6-17(13-16)29-14-19(24)25/h3-10,12-13H,14H2,1-2H3,(H,23,26)(H,24,25)/b12-4+. The number of anilines is 1. The third kappa shape index (κ3) is 5.68. The maximum absolute atomic E-state index is 12.8. The summed E-state index contributed by atoms with van der Waals surface area (Å²) >= 11 is 0. The summed E-state index contributed by atoms with van der Waals surface area (Å²) < 4.78 is 29.3. The molecule has 0 bridgehead atoms. The molecule has 0 radical (unpaired) electrons. The van der Waals surface area contributed by atoms with Crippen molar-refractivity contribution < 1.29 is 27.9 Å². The molecule has 0 saturated carbocycles. The smallest absolute Gasteiger partial charge is 0.341 e. The van der Waals surface area contributed by atoms with Crippen LogP contribution in [-0.4, -0.2) is 32.0 Å². The van der Waals surface area contributed by atoms with E-state index in [1.54, 1.807) is 50.2 Å². The fourth-order valence-corrected chi connectivity index (χ4v) is 3.40. The Morgan fingerprint density at radius 2 is 1.87 bits per heavy atom. The number of nitriles is 1. The van der Waals surface area contributed by atoms with Crippen molar-refractivity contribution >= 4 is 27.4 Å². The predicted octanol–water partition coefficient (Wildman–Crippen LogP) is 2.88. The first-order valence-electron chi connectivity index (χ1n) is 8.74. The molecule has 0 spiro atoms. The molecule has 0 aliphatic heterocycles. The lowest BCUT2D eigenvalue weighted by atomic mass is 9.83. The molecule has 0 aliphatic carbocycles. The third-order valence-corrected chi connectivity index (χ3v) is 5.67. The largest absolute Gasteiger partial charge is 0.482 e. The molecular formula is C21H20N2O6S. The maximum Gasteiger partial charge on any atom is 0.341 e. The van der Waals surface area contributed by atoms with Gasteiger partial charge in [0.2, 0.25) is 15.7 Å². The van der Waals surface area contributed by atoms with Gasteiger partial charge in [-0.15, -0.1) is 0 Å². The van der Waals surface area contributed by atoms with Gasteiger partial charge in [0.05, 0.1) is 16.4 Å². The third-order valence-electron chi connectivity index (χ3n) is 4.25. The first-order valence-corrected chi connectivity index (χ1v) is 10.3. The monoisotopic (exact) mass is 428 g/mol. The van der Waals surface area contributed by atoms with Crippen LogP contribution in [0.15, 0.2) is 64.9 Å². The highest BCUT2D eigenvalue weighted by Crippen LogP contribution is 2.27. The first-order chi connectivity index (χ1) is 14.1. The number of carboxylic acids is 1. The molecule has 156 valence electrons. The number of ether oxygens (including phenoxy) is 1. The van der Waals surface area contributed by atoms with Gasteiger partial charge in [-0.3, -0.25) is 4.79 Å². The molecule has 0 saturated heterocycles. The van der Waals surface area contributed by atoms with E-state index >= 15 is 0 Å². The number of carboxylic acid groups (broad SMARTS) is 1. The lowest BCUT2D eigenvalue weighted by Gasteiger charge is -2.24. The Bertz CT molecular complexity index is 1110. The predicted molar refractivity (Wildman–Crippen MR) is 110 cm³/mol. The van der Waals surface area contributed by atoms with E-state index in [2.05, 4.69) is 5.32 Å². The summed E-state index contributed by atoms with van der Waals surface area (Å²) in [6, 6.07) is 13.8. The number of benzene rings is 2. The molecule has 9 heteroatoms. The minimum absolute atomic E-state index is 0.0113. The number of carbonyl (C=O) groups is 2. The van der Waals surface area contributed by atoms with Crippen molar-refractivity contribution in [2.45, 2.75) is 24.2 Å². The molecule has 2 rings (SSSR count). The summed E-state index contributed by atoms with van der Waals surface area (Å²) in [7, 11) is -3.73. The molecule has 2 aromatic carbocycles. The number of allylic oxidation sites excluding steroid dienone is 1. The van der Waals surface area contributed by atoms with E-state index in [9.17, 15) is 18.0 Å². The zero-order valence-electron chi connectivity index (χ0n) is 16.3. The second kappa shape index (κ2) is 9.24.